The summed E-state index contributed by atoms with van der Waals surface area (Å²) in [6, 6.07) is 5.72. The van der Waals surface area contributed by atoms with Gasteiger partial charge in [0.05, 0.1) is 16.3 Å². The Morgan fingerprint density at radius 2 is 1.75 bits per heavy atom. The van der Waals surface area contributed by atoms with Crippen LogP contribution in [0.4, 0.5) is 11.4 Å². The van der Waals surface area contributed by atoms with Crippen LogP contribution in [0.5, 0.6) is 0 Å². The molecule has 2 N–H and O–H groups in total. The van der Waals surface area contributed by atoms with Gasteiger partial charge in [-0.25, -0.2) is 8.42 Å². The molecular formula is C15H24N2O2S. The van der Waals surface area contributed by atoms with E-state index in [9.17, 15) is 8.42 Å². The van der Waals surface area contributed by atoms with E-state index in [1.807, 2.05) is 13.1 Å². The number of nitrogens with two attached hydrogens (primary N) is 1. The molecule has 20 heavy (non-hydrogen) atoms. The molecule has 0 unspecified atom stereocenters. The molecule has 0 aromatic heterocycles. The molecule has 0 spiro atoms. The molecule has 1 aliphatic carbocycles. The Morgan fingerprint density at radius 1 is 1.15 bits per heavy atom. The molecule has 1 fully saturated rings. The summed E-state index contributed by atoms with van der Waals surface area (Å²) >= 11 is 0. The van der Waals surface area contributed by atoms with Crippen LogP contribution in [0.1, 0.15) is 38.5 Å². The first-order valence-electron chi connectivity index (χ1n) is 7.22. The lowest BCUT2D eigenvalue weighted by molar-refractivity contribution is 0.553. The van der Waals surface area contributed by atoms with Crippen molar-refractivity contribution < 1.29 is 8.42 Å². The van der Waals surface area contributed by atoms with E-state index in [0.717, 1.165) is 18.5 Å². The largest absolute Gasteiger partial charge is 0.396 e. The van der Waals surface area contributed by atoms with Gasteiger partial charge in [-0.1, -0.05) is 31.7 Å². The maximum Gasteiger partial charge on any atom is 0.177 e. The van der Waals surface area contributed by atoms with Crippen molar-refractivity contribution >= 4 is 21.2 Å². The van der Waals surface area contributed by atoms with E-state index in [-0.39, 0.29) is 4.90 Å². The number of para-hydroxylation sites is 1. The third-order valence-corrected chi connectivity index (χ3v) is 5.35. The predicted molar refractivity (Wildman–Crippen MR) is 83.9 cm³/mol. The highest BCUT2D eigenvalue weighted by Crippen LogP contribution is 2.33. The van der Waals surface area contributed by atoms with E-state index >= 15 is 0 Å². The first kappa shape index (κ1) is 15.2. The van der Waals surface area contributed by atoms with Crippen molar-refractivity contribution in [2.24, 2.45) is 0 Å². The predicted octanol–water partition coefficient (Wildman–Crippen LogP) is 2.83. The Bertz CT molecular complexity index is 561. The normalized spacial score (nSPS) is 17.7. The van der Waals surface area contributed by atoms with Crippen LogP contribution in [0.15, 0.2) is 23.1 Å². The topological polar surface area (TPSA) is 63.4 Å². The number of anilines is 2. The number of sulfone groups is 1. The maximum absolute atomic E-state index is 11.8. The lowest BCUT2D eigenvalue weighted by Crippen LogP contribution is -2.31. The smallest absolute Gasteiger partial charge is 0.177 e. The standard InChI is InChI=1S/C15H24N2O2S/c1-17(12-8-5-3-4-6-9-12)13-10-7-11-14(15(13)16)20(2,18)19/h7,10-12H,3-6,8-9,16H2,1-2H3. The first-order valence-corrected chi connectivity index (χ1v) is 9.12. The summed E-state index contributed by atoms with van der Waals surface area (Å²) in [6.07, 6.45) is 8.57. The number of benzene rings is 1. The number of rotatable bonds is 3. The highest BCUT2D eigenvalue weighted by atomic mass is 32.2. The average molecular weight is 296 g/mol. The van der Waals surface area contributed by atoms with Crippen LogP contribution < -0.4 is 10.6 Å². The molecule has 1 aromatic rings. The Labute approximate surface area is 121 Å². The van der Waals surface area contributed by atoms with Gasteiger partial charge in [0.1, 0.15) is 0 Å². The summed E-state index contributed by atoms with van der Waals surface area (Å²) in [5.74, 6) is 0. The fourth-order valence-electron chi connectivity index (χ4n) is 3.01. The molecule has 0 saturated heterocycles. The van der Waals surface area contributed by atoms with Crippen molar-refractivity contribution in [1.29, 1.82) is 0 Å². The SMILES string of the molecule is CN(c1cccc(S(C)(=O)=O)c1N)C1CCCCCC1. The number of hydrogen-bond donors (Lipinski definition) is 1. The molecule has 0 atom stereocenters. The van der Waals surface area contributed by atoms with E-state index in [0.29, 0.717) is 11.7 Å². The van der Waals surface area contributed by atoms with Crippen molar-refractivity contribution in [2.75, 3.05) is 23.9 Å². The Balaban J connectivity index is 2.32. The van der Waals surface area contributed by atoms with E-state index in [4.69, 9.17) is 5.73 Å². The van der Waals surface area contributed by atoms with Crippen LogP contribution in [0.3, 0.4) is 0 Å². The van der Waals surface area contributed by atoms with E-state index in [1.165, 1.54) is 31.9 Å². The van der Waals surface area contributed by atoms with E-state index < -0.39 is 9.84 Å². The first-order chi connectivity index (χ1) is 9.41. The molecule has 0 heterocycles. The molecule has 0 bridgehead atoms. The highest BCUT2D eigenvalue weighted by molar-refractivity contribution is 7.90. The van der Waals surface area contributed by atoms with Crippen LogP contribution in [-0.4, -0.2) is 27.8 Å². The van der Waals surface area contributed by atoms with Crippen molar-refractivity contribution in [1.82, 2.24) is 0 Å². The summed E-state index contributed by atoms with van der Waals surface area (Å²) in [6.45, 7) is 0. The van der Waals surface area contributed by atoms with Gasteiger partial charge < -0.3 is 10.6 Å². The zero-order valence-corrected chi connectivity index (χ0v) is 13.1. The summed E-state index contributed by atoms with van der Waals surface area (Å²) in [7, 11) is -1.26. The third kappa shape index (κ3) is 3.26. The van der Waals surface area contributed by atoms with E-state index in [1.54, 1.807) is 12.1 Å². The molecule has 1 aliphatic rings. The van der Waals surface area contributed by atoms with Crippen molar-refractivity contribution in [3.05, 3.63) is 18.2 Å². The molecule has 5 heteroatoms. The maximum atomic E-state index is 11.8. The van der Waals surface area contributed by atoms with Crippen molar-refractivity contribution in [3.8, 4) is 0 Å². The fraction of sp³-hybridized carbons (Fsp3) is 0.600. The fourth-order valence-corrected chi connectivity index (χ4v) is 3.83. The van der Waals surface area contributed by atoms with Crippen LogP contribution >= 0.6 is 0 Å². The van der Waals surface area contributed by atoms with Gasteiger partial charge >= 0.3 is 0 Å². The minimum Gasteiger partial charge on any atom is -0.396 e. The second-order valence-corrected chi connectivity index (χ2v) is 7.70. The molecule has 1 aromatic carbocycles. The molecular weight excluding hydrogens is 272 g/mol. The highest BCUT2D eigenvalue weighted by Gasteiger charge is 2.21. The molecule has 112 valence electrons. The van der Waals surface area contributed by atoms with Gasteiger partial charge in [0.15, 0.2) is 9.84 Å². The summed E-state index contributed by atoms with van der Waals surface area (Å²) < 4.78 is 23.5. The lowest BCUT2D eigenvalue weighted by Gasteiger charge is -2.30. The molecule has 4 nitrogen and oxygen atoms in total. The second-order valence-electron chi connectivity index (χ2n) is 5.72. The van der Waals surface area contributed by atoms with Crippen molar-refractivity contribution in [3.63, 3.8) is 0 Å². The number of nitrogens with zero attached hydrogens (tertiary/aromatic N) is 1. The minimum absolute atomic E-state index is 0.232. The average Bonchev–Trinajstić information content (AvgIpc) is 2.65. The second kappa shape index (κ2) is 6.04. The van der Waals surface area contributed by atoms with Crippen molar-refractivity contribution in [2.45, 2.75) is 49.5 Å². The summed E-state index contributed by atoms with van der Waals surface area (Å²) in [5.41, 5.74) is 7.31. The monoisotopic (exact) mass is 296 g/mol. The lowest BCUT2D eigenvalue weighted by atomic mass is 10.1. The van der Waals surface area contributed by atoms with Gasteiger partial charge in [-0.3, -0.25) is 0 Å². The van der Waals surface area contributed by atoms with Gasteiger partial charge in [-0.15, -0.1) is 0 Å². The Kier molecular flexibility index (Phi) is 4.58. The van der Waals surface area contributed by atoms with Crippen LogP contribution in [0.25, 0.3) is 0 Å². The molecule has 1 saturated carbocycles. The third-order valence-electron chi connectivity index (χ3n) is 4.19. The minimum atomic E-state index is -3.28. The molecule has 0 amide bonds. The van der Waals surface area contributed by atoms with Gasteiger partial charge in [0.2, 0.25) is 0 Å². The van der Waals surface area contributed by atoms with Gasteiger partial charge in [-0.2, -0.15) is 0 Å². The Hall–Kier alpha value is -1.23. The van der Waals surface area contributed by atoms with Crippen LogP contribution in [0.2, 0.25) is 0 Å². The van der Waals surface area contributed by atoms with Gasteiger partial charge in [0.25, 0.3) is 0 Å². The molecule has 0 radical (unpaired) electrons. The molecule has 2 rings (SSSR count). The number of nitrogen functional groups attached to an aromatic ring is 1. The van der Waals surface area contributed by atoms with Crippen LogP contribution in [-0.2, 0) is 9.84 Å². The molecule has 0 aliphatic heterocycles. The zero-order chi connectivity index (χ0) is 14.8. The zero-order valence-electron chi connectivity index (χ0n) is 12.3. The number of hydrogen-bond acceptors (Lipinski definition) is 4. The van der Waals surface area contributed by atoms with Crippen LogP contribution in [0, 0.1) is 0 Å². The van der Waals surface area contributed by atoms with Gasteiger partial charge in [0, 0.05) is 19.3 Å². The Morgan fingerprint density at radius 3 is 2.30 bits per heavy atom. The summed E-state index contributed by atoms with van der Waals surface area (Å²) in [5, 5.41) is 0. The quantitative estimate of drug-likeness (QED) is 0.688. The van der Waals surface area contributed by atoms with Gasteiger partial charge in [-0.05, 0) is 25.0 Å². The summed E-state index contributed by atoms with van der Waals surface area (Å²) in [4.78, 5) is 2.39. The van der Waals surface area contributed by atoms with E-state index in [2.05, 4.69) is 4.90 Å².